The molecule has 0 bridgehead atoms. The molecule has 0 aromatic carbocycles. The summed E-state index contributed by atoms with van der Waals surface area (Å²) < 4.78 is 17.6. The van der Waals surface area contributed by atoms with Crippen LogP contribution in [0.2, 0.25) is 0 Å². The summed E-state index contributed by atoms with van der Waals surface area (Å²) in [6.45, 7) is 0. The Hall–Kier alpha value is 1.25. The topological polar surface area (TPSA) is 235 Å². The summed E-state index contributed by atoms with van der Waals surface area (Å²) in [5.41, 5.74) is 0. The van der Waals surface area contributed by atoms with Crippen LogP contribution in [0.3, 0.4) is 0 Å². The van der Waals surface area contributed by atoms with Crippen molar-refractivity contribution in [2.24, 2.45) is 0 Å². The van der Waals surface area contributed by atoms with Gasteiger partial charge in [-0.1, -0.05) is 11.2 Å². The van der Waals surface area contributed by atoms with Crippen molar-refractivity contribution in [3.8, 4) is 0 Å². The Balaban J connectivity index is -0.00000000214. The molecule has 74 valence electrons. The fourth-order valence-electron chi connectivity index (χ4n) is 0. The molecule has 0 fully saturated rings. The number of hydrogen-bond acceptors (Lipinski definition) is 3. The molecule has 8 nitrogen and oxygen atoms in total. The third-order valence-corrected chi connectivity index (χ3v) is 0. The third-order valence-electron chi connectivity index (χ3n) is 0. The van der Waals surface area contributed by atoms with Gasteiger partial charge >= 0.3 is 29.6 Å². The van der Waals surface area contributed by atoms with Crippen LogP contribution in [0, 0.1) is 0 Å². The van der Waals surface area contributed by atoms with Gasteiger partial charge in [0, 0.05) is 0 Å². The molecular formula is H12NaO8S2-. The second kappa shape index (κ2) is 65.4. The van der Waals surface area contributed by atoms with Crippen molar-refractivity contribution in [3.05, 3.63) is 0 Å². The summed E-state index contributed by atoms with van der Waals surface area (Å²) in [6, 6.07) is 0. The molecule has 0 heterocycles. The quantitative estimate of drug-likeness (QED) is 0.366. The summed E-state index contributed by atoms with van der Waals surface area (Å²) in [5.74, 6) is 0. The molecule has 0 radical (unpaired) electrons. The van der Waals surface area contributed by atoms with E-state index in [1.54, 1.807) is 0 Å². The van der Waals surface area contributed by atoms with E-state index in [4.69, 9.17) is 9.11 Å². The molecule has 0 rings (SSSR count). The smallest absolute Gasteiger partial charge is 0.806 e. The van der Waals surface area contributed by atoms with E-state index in [1.165, 1.54) is 0 Å². The van der Waals surface area contributed by atoms with E-state index in [1.807, 2.05) is 0 Å². The Morgan fingerprint density at radius 3 is 0.727 bits per heavy atom. The normalized spacial score (nSPS) is 3.18. The zero-order valence-corrected chi connectivity index (χ0v) is 9.27. The van der Waals surface area contributed by atoms with Crippen LogP contribution in [-0.2, 0) is 21.2 Å². The van der Waals surface area contributed by atoms with Gasteiger partial charge in [-0.3, -0.25) is 0 Å². The fourth-order valence-corrected chi connectivity index (χ4v) is 0. The van der Waals surface area contributed by atoms with Gasteiger partial charge in [-0.25, -0.2) is 0 Å². The van der Waals surface area contributed by atoms with Gasteiger partial charge in [0.25, 0.3) is 0 Å². The SMILES string of the molecule is O.O.O.O.O.O.[Na+].[O-]S([O-])=S. The second-order valence-electron chi connectivity index (χ2n) is 0.204. The average molecular weight is 227 g/mol. The summed E-state index contributed by atoms with van der Waals surface area (Å²) in [5, 5.41) is 0. The molecule has 0 spiro atoms. The minimum atomic E-state index is -2.28. The van der Waals surface area contributed by atoms with Gasteiger partial charge < -0.3 is 52.0 Å². The van der Waals surface area contributed by atoms with Gasteiger partial charge in [0.2, 0.25) is 0 Å². The molecule has 0 unspecified atom stereocenters. The summed E-state index contributed by atoms with van der Waals surface area (Å²) >= 11 is 3.54. The monoisotopic (exact) mass is 227 g/mol. The van der Waals surface area contributed by atoms with Gasteiger partial charge in [-0.2, -0.15) is 0 Å². The standard InChI is InChI=1S/Na.H2O2S2.6H2O/c;1-4(2)3;;;;;;/h;(H2,1,2,3);6*1H2/q+1;;;;;;;/p-2. The van der Waals surface area contributed by atoms with Crippen LogP contribution in [0.25, 0.3) is 0 Å². The molecule has 11 heteroatoms. The first-order valence-corrected chi connectivity index (χ1v) is 2.50. The Morgan fingerprint density at radius 1 is 0.727 bits per heavy atom. The zero-order chi connectivity index (χ0) is 3.58. The van der Waals surface area contributed by atoms with E-state index in [2.05, 4.69) is 11.2 Å². The van der Waals surface area contributed by atoms with E-state index in [-0.39, 0.29) is 62.4 Å². The van der Waals surface area contributed by atoms with E-state index in [9.17, 15) is 0 Å². The van der Waals surface area contributed by atoms with Crippen molar-refractivity contribution in [3.63, 3.8) is 0 Å². The Morgan fingerprint density at radius 2 is 0.727 bits per heavy atom. The van der Waals surface area contributed by atoms with Crippen LogP contribution in [0.15, 0.2) is 0 Å². The Labute approximate surface area is 92.4 Å². The molecule has 11 heavy (non-hydrogen) atoms. The molecular weight excluding hydrogens is 215 g/mol. The Bertz CT molecular complexity index is 35.1. The van der Waals surface area contributed by atoms with Crippen LogP contribution >= 0.6 is 0 Å². The van der Waals surface area contributed by atoms with E-state index >= 15 is 0 Å². The average Bonchev–Trinajstić information content (AvgIpc) is 0.811. The van der Waals surface area contributed by atoms with Gasteiger partial charge in [-0.05, 0) is 0 Å². The summed E-state index contributed by atoms with van der Waals surface area (Å²) in [6.07, 6.45) is 0. The van der Waals surface area contributed by atoms with Gasteiger partial charge in [0.1, 0.15) is 0 Å². The Kier molecular flexibility index (Phi) is 511. The van der Waals surface area contributed by atoms with Crippen LogP contribution < -0.4 is 29.6 Å². The number of rotatable bonds is 0. The molecule has 0 amide bonds. The predicted molar refractivity (Wildman–Crippen MR) is 38.0 cm³/mol. The van der Waals surface area contributed by atoms with Crippen LogP contribution in [0.1, 0.15) is 0 Å². The largest absolute Gasteiger partial charge is 1.00 e. The molecule has 0 saturated heterocycles. The maximum Gasteiger partial charge on any atom is 1.00 e. The molecule has 0 aromatic rings. The van der Waals surface area contributed by atoms with Crippen molar-refractivity contribution < 1.29 is 71.5 Å². The summed E-state index contributed by atoms with van der Waals surface area (Å²) in [7, 11) is -2.28. The first-order valence-electron chi connectivity index (χ1n) is 0.500. The van der Waals surface area contributed by atoms with Gasteiger partial charge in [0.15, 0.2) is 0 Å². The van der Waals surface area contributed by atoms with Crippen molar-refractivity contribution in [1.29, 1.82) is 0 Å². The van der Waals surface area contributed by atoms with Crippen LogP contribution in [0.4, 0.5) is 0 Å². The van der Waals surface area contributed by atoms with Crippen molar-refractivity contribution >= 4 is 21.2 Å². The number of hydrogen-bond donors (Lipinski definition) is 0. The van der Waals surface area contributed by atoms with Crippen molar-refractivity contribution in [2.45, 2.75) is 0 Å². The maximum absolute atomic E-state index is 8.81. The van der Waals surface area contributed by atoms with Crippen molar-refractivity contribution in [2.75, 3.05) is 0 Å². The predicted octanol–water partition coefficient (Wildman–Crippen LogP) is -8.62. The molecule has 0 aromatic heterocycles. The zero-order valence-electron chi connectivity index (χ0n) is 5.63. The minimum Gasteiger partial charge on any atom is -0.806 e. The summed E-state index contributed by atoms with van der Waals surface area (Å²) in [4.78, 5) is 0. The van der Waals surface area contributed by atoms with E-state index < -0.39 is 10.0 Å². The molecule has 0 aliphatic heterocycles. The molecule has 0 saturated carbocycles. The first-order chi connectivity index (χ1) is 1.73. The van der Waals surface area contributed by atoms with Gasteiger partial charge in [-0.15, -0.1) is 0 Å². The van der Waals surface area contributed by atoms with Crippen LogP contribution in [-0.4, -0.2) is 42.0 Å². The first kappa shape index (κ1) is 85.8. The van der Waals surface area contributed by atoms with Crippen LogP contribution in [0.5, 0.6) is 0 Å². The van der Waals surface area contributed by atoms with E-state index in [0.29, 0.717) is 0 Å². The molecule has 0 aliphatic carbocycles. The third kappa shape index (κ3) is 616. The van der Waals surface area contributed by atoms with Crippen molar-refractivity contribution in [1.82, 2.24) is 0 Å². The minimum absolute atomic E-state index is 0. The molecule has 0 atom stereocenters. The molecule has 0 aliphatic rings. The maximum atomic E-state index is 8.81. The van der Waals surface area contributed by atoms with Gasteiger partial charge in [0.05, 0.1) is 0 Å². The van der Waals surface area contributed by atoms with E-state index in [0.717, 1.165) is 0 Å². The molecule has 12 N–H and O–H groups in total. The fraction of sp³-hybridized carbons (Fsp3) is 0. The second-order valence-corrected chi connectivity index (χ2v) is 1.43.